The van der Waals surface area contributed by atoms with Crippen molar-refractivity contribution in [2.24, 2.45) is 0 Å². The van der Waals surface area contributed by atoms with Crippen LogP contribution in [0.4, 0.5) is 0 Å². The number of hydrogen-bond donors (Lipinski definition) is 1. The van der Waals surface area contributed by atoms with E-state index in [-0.39, 0.29) is 11.5 Å². The van der Waals surface area contributed by atoms with Gasteiger partial charge in [-0.3, -0.25) is 9.69 Å². The van der Waals surface area contributed by atoms with Crippen LogP contribution in [0.1, 0.15) is 0 Å². The zero-order chi connectivity index (χ0) is 15.8. The van der Waals surface area contributed by atoms with Crippen molar-refractivity contribution in [3.63, 3.8) is 0 Å². The Morgan fingerprint density at radius 1 is 1.23 bits per heavy atom. The maximum atomic E-state index is 12.1. The lowest BCUT2D eigenvalue weighted by molar-refractivity contribution is -0.117. The molecule has 0 atom stereocenters. The molecular weight excluding hydrogens is 282 g/mol. The summed E-state index contributed by atoms with van der Waals surface area (Å²) in [5.74, 6) is -0.283. The number of nitrogens with one attached hydrogen (secondary N) is 1. The second-order valence-corrected chi connectivity index (χ2v) is 5.70. The summed E-state index contributed by atoms with van der Waals surface area (Å²) >= 11 is 0. The molecule has 0 saturated carbocycles. The smallest absolute Gasteiger partial charge is 0.263 e. The van der Waals surface area contributed by atoms with E-state index in [2.05, 4.69) is 22.2 Å². The summed E-state index contributed by atoms with van der Waals surface area (Å²) in [7, 11) is 2.07. The lowest BCUT2D eigenvalue weighted by atomic mass is 10.2. The Balaban J connectivity index is 1.75. The number of amides is 1. The highest BCUT2D eigenvalue weighted by Crippen LogP contribution is 2.03. The normalized spacial score (nSPS) is 21.5. The molecule has 1 N–H and O–H groups in total. The van der Waals surface area contributed by atoms with E-state index in [1.54, 1.807) is 6.20 Å². The lowest BCUT2D eigenvalue weighted by Gasteiger charge is -2.31. The van der Waals surface area contributed by atoms with Crippen LogP contribution >= 0.6 is 0 Å². The van der Waals surface area contributed by atoms with E-state index < -0.39 is 0 Å². The fourth-order valence-electron chi connectivity index (χ4n) is 2.52. The molecule has 0 radical (unpaired) electrons. The largest absolute Gasteiger partial charge is 0.379 e. The highest BCUT2D eigenvalue weighted by atomic mass is 16.5. The van der Waals surface area contributed by atoms with Gasteiger partial charge in [-0.25, -0.2) is 0 Å². The van der Waals surface area contributed by atoms with Gasteiger partial charge in [-0.05, 0) is 7.05 Å². The molecule has 1 amide bonds. The maximum absolute atomic E-state index is 12.1. The van der Waals surface area contributed by atoms with Gasteiger partial charge in [0.05, 0.1) is 13.2 Å². The minimum atomic E-state index is -0.283. The number of morpholine rings is 1. The molecule has 22 heavy (non-hydrogen) atoms. The van der Waals surface area contributed by atoms with Crippen LogP contribution in [0.15, 0.2) is 11.8 Å². The zero-order valence-corrected chi connectivity index (χ0v) is 13.3. The number of ether oxygens (including phenoxy) is 1. The number of carbonyl (C=O) groups is 1. The topological polar surface area (TPSA) is 71.8 Å². The molecule has 2 heterocycles. The van der Waals surface area contributed by atoms with Gasteiger partial charge in [0.1, 0.15) is 11.6 Å². The van der Waals surface area contributed by atoms with Gasteiger partial charge in [-0.1, -0.05) is 0 Å². The fourth-order valence-corrected chi connectivity index (χ4v) is 2.52. The van der Waals surface area contributed by atoms with E-state index in [9.17, 15) is 10.1 Å². The highest BCUT2D eigenvalue weighted by Gasteiger charge is 2.15. The van der Waals surface area contributed by atoms with E-state index >= 15 is 0 Å². The summed E-state index contributed by atoms with van der Waals surface area (Å²) in [6.45, 7) is 8.26. The molecule has 0 unspecified atom stereocenters. The summed E-state index contributed by atoms with van der Waals surface area (Å²) in [4.78, 5) is 18.6. The van der Waals surface area contributed by atoms with Crippen LogP contribution in [0.25, 0.3) is 0 Å². The third-order valence-electron chi connectivity index (χ3n) is 4.03. The summed E-state index contributed by atoms with van der Waals surface area (Å²) in [6.07, 6.45) is 1.69. The SMILES string of the molecule is CN1CCN(/C=C(/C#N)C(=O)NCCN2CCOCC2)CC1. The molecule has 7 nitrogen and oxygen atoms in total. The fraction of sp³-hybridized carbons (Fsp3) is 0.733. The molecule has 2 fully saturated rings. The number of rotatable bonds is 5. The molecule has 122 valence electrons. The van der Waals surface area contributed by atoms with Crippen molar-refractivity contribution in [3.8, 4) is 6.07 Å². The second-order valence-electron chi connectivity index (χ2n) is 5.70. The average molecular weight is 307 g/mol. The number of piperazine rings is 1. The zero-order valence-electron chi connectivity index (χ0n) is 13.3. The Labute approximate surface area is 132 Å². The maximum Gasteiger partial charge on any atom is 0.263 e. The molecule has 2 saturated heterocycles. The number of likely N-dealkylation sites (N-methyl/N-ethyl adjacent to an activating group) is 1. The molecule has 0 aromatic carbocycles. The standard InChI is InChI=1S/C15H25N5O2/c1-18-4-6-20(7-5-18)13-14(12-16)15(21)17-2-3-19-8-10-22-11-9-19/h13H,2-11H2,1H3,(H,17,21)/b14-13-. The number of carbonyl (C=O) groups excluding carboxylic acids is 1. The molecule has 0 aliphatic carbocycles. The van der Waals surface area contributed by atoms with Gasteiger partial charge < -0.3 is 19.9 Å². The predicted octanol–water partition coefficient (Wildman–Crippen LogP) is -0.910. The van der Waals surface area contributed by atoms with Crippen LogP contribution in [0.3, 0.4) is 0 Å². The molecule has 0 aromatic heterocycles. The average Bonchev–Trinajstić information content (AvgIpc) is 2.55. The number of nitriles is 1. The van der Waals surface area contributed by atoms with Crippen molar-refractivity contribution < 1.29 is 9.53 Å². The van der Waals surface area contributed by atoms with Crippen molar-refractivity contribution in [2.45, 2.75) is 0 Å². The molecular formula is C15H25N5O2. The Bertz CT molecular complexity index is 432. The molecule has 0 bridgehead atoms. The van der Waals surface area contributed by atoms with Crippen LogP contribution in [0.5, 0.6) is 0 Å². The van der Waals surface area contributed by atoms with Crippen molar-refractivity contribution in [1.29, 1.82) is 5.26 Å². The lowest BCUT2D eigenvalue weighted by Crippen LogP contribution is -2.43. The van der Waals surface area contributed by atoms with E-state index in [0.717, 1.165) is 59.0 Å². The molecule has 0 aromatic rings. The van der Waals surface area contributed by atoms with Gasteiger partial charge in [0.25, 0.3) is 5.91 Å². The summed E-state index contributed by atoms with van der Waals surface area (Å²) in [6, 6.07) is 2.01. The minimum Gasteiger partial charge on any atom is -0.379 e. The number of nitrogens with zero attached hydrogens (tertiary/aromatic N) is 4. The van der Waals surface area contributed by atoms with Gasteiger partial charge in [0.2, 0.25) is 0 Å². The van der Waals surface area contributed by atoms with Crippen LogP contribution in [-0.2, 0) is 9.53 Å². The first-order chi connectivity index (χ1) is 10.7. The van der Waals surface area contributed by atoms with Crippen LogP contribution in [0.2, 0.25) is 0 Å². The van der Waals surface area contributed by atoms with E-state index in [0.29, 0.717) is 6.54 Å². The highest BCUT2D eigenvalue weighted by molar-refractivity contribution is 5.97. The quantitative estimate of drug-likeness (QED) is 0.524. The van der Waals surface area contributed by atoms with Crippen molar-refractivity contribution in [1.82, 2.24) is 20.0 Å². The molecule has 0 spiro atoms. The third kappa shape index (κ3) is 5.30. The van der Waals surface area contributed by atoms with Crippen molar-refractivity contribution >= 4 is 5.91 Å². The number of hydrogen-bond acceptors (Lipinski definition) is 6. The van der Waals surface area contributed by atoms with Crippen molar-refractivity contribution in [2.75, 3.05) is 72.6 Å². The Kier molecular flexibility index (Phi) is 6.65. The molecule has 2 aliphatic rings. The first-order valence-corrected chi connectivity index (χ1v) is 7.82. The Hall–Kier alpha value is -1.62. The Morgan fingerprint density at radius 3 is 2.55 bits per heavy atom. The van der Waals surface area contributed by atoms with Gasteiger partial charge in [0, 0.05) is 58.6 Å². The third-order valence-corrected chi connectivity index (χ3v) is 4.03. The van der Waals surface area contributed by atoms with Crippen LogP contribution in [0, 0.1) is 11.3 Å². The first-order valence-electron chi connectivity index (χ1n) is 7.82. The predicted molar refractivity (Wildman–Crippen MR) is 83.0 cm³/mol. The monoisotopic (exact) mass is 307 g/mol. The summed E-state index contributed by atoms with van der Waals surface area (Å²) < 4.78 is 5.28. The Morgan fingerprint density at radius 2 is 1.91 bits per heavy atom. The molecule has 2 rings (SSSR count). The van der Waals surface area contributed by atoms with Gasteiger partial charge in [-0.2, -0.15) is 5.26 Å². The van der Waals surface area contributed by atoms with Gasteiger partial charge in [-0.15, -0.1) is 0 Å². The molecule has 2 aliphatic heterocycles. The van der Waals surface area contributed by atoms with Crippen LogP contribution in [-0.4, -0.2) is 93.2 Å². The van der Waals surface area contributed by atoms with Gasteiger partial charge >= 0.3 is 0 Å². The van der Waals surface area contributed by atoms with Crippen molar-refractivity contribution in [3.05, 3.63) is 11.8 Å². The van der Waals surface area contributed by atoms with E-state index in [1.165, 1.54) is 0 Å². The van der Waals surface area contributed by atoms with Crippen LogP contribution < -0.4 is 5.32 Å². The molecule has 7 heteroatoms. The van der Waals surface area contributed by atoms with Gasteiger partial charge in [0.15, 0.2) is 0 Å². The van der Waals surface area contributed by atoms with E-state index in [1.807, 2.05) is 11.0 Å². The summed E-state index contributed by atoms with van der Waals surface area (Å²) in [5.41, 5.74) is 0.187. The second kappa shape index (κ2) is 8.73. The summed E-state index contributed by atoms with van der Waals surface area (Å²) in [5, 5.41) is 12.0. The minimum absolute atomic E-state index is 0.187. The first kappa shape index (κ1) is 16.7. The van der Waals surface area contributed by atoms with E-state index in [4.69, 9.17) is 4.74 Å².